The van der Waals surface area contributed by atoms with Gasteiger partial charge in [-0.25, -0.2) is 8.42 Å². The van der Waals surface area contributed by atoms with E-state index in [1.54, 1.807) is 20.9 Å². The van der Waals surface area contributed by atoms with Crippen molar-refractivity contribution in [3.05, 3.63) is 11.9 Å². The Labute approximate surface area is 111 Å². The van der Waals surface area contributed by atoms with Gasteiger partial charge in [-0.2, -0.15) is 9.40 Å². The van der Waals surface area contributed by atoms with Gasteiger partial charge in [0.15, 0.2) is 0 Å². The normalized spacial score (nSPS) is 17.7. The minimum Gasteiger partial charge on any atom is -0.480 e. The number of carboxylic acids is 1. The lowest BCUT2D eigenvalue weighted by Gasteiger charge is -2.26. The van der Waals surface area contributed by atoms with Crippen LogP contribution in [-0.2, 0) is 21.9 Å². The van der Waals surface area contributed by atoms with E-state index in [9.17, 15) is 18.3 Å². The number of aromatic nitrogens is 2. The average Bonchev–Trinajstić information content (AvgIpc) is 3.03. The Balaban J connectivity index is 2.49. The van der Waals surface area contributed by atoms with Gasteiger partial charge in [-0.3, -0.25) is 9.48 Å². The second-order valence-corrected chi connectivity index (χ2v) is 6.56. The first kappa shape index (κ1) is 14.0. The minimum absolute atomic E-state index is 0.0735. The second kappa shape index (κ2) is 4.31. The van der Waals surface area contributed by atoms with Crippen LogP contribution in [0.5, 0.6) is 0 Å². The van der Waals surface area contributed by atoms with Gasteiger partial charge in [0, 0.05) is 13.6 Å². The second-order valence-electron chi connectivity index (χ2n) is 4.72. The number of aryl methyl sites for hydroxylation is 1. The molecule has 8 heteroatoms. The first-order chi connectivity index (χ1) is 8.77. The molecule has 1 aromatic heterocycles. The monoisotopic (exact) mass is 287 g/mol. The molecule has 0 saturated heterocycles. The van der Waals surface area contributed by atoms with E-state index in [-0.39, 0.29) is 11.4 Å². The number of aliphatic carboxylic acids is 1. The first-order valence-corrected chi connectivity index (χ1v) is 7.46. The molecule has 1 aliphatic carbocycles. The van der Waals surface area contributed by atoms with Crippen LogP contribution in [0.15, 0.2) is 11.1 Å². The fourth-order valence-corrected chi connectivity index (χ4v) is 4.23. The van der Waals surface area contributed by atoms with Gasteiger partial charge in [-0.1, -0.05) is 6.92 Å². The van der Waals surface area contributed by atoms with Crippen LogP contribution >= 0.6 is 0 Å². The first-order valence-electron chi connectivity index (χ1n) is 6.02. The Bertz CT molecular complexity index is 616. The molecule has 2 rings (SSSR count). The molecule has 106 valence electrons. The maximum atomic E-state index is 12.6. The summed E-state index contributed by atoms with van der Waals surface area (Å²) >= 11 is 0. The number of rotatable bonds is 5. The van der Waals surface area contributed by atoms with Crippen molar-refractivity contribution in [1.82, 2.24) is 14.1 Å². The van der Waals surface area contributed by atoms with Crippen molar-refractivity contribution in [3.8, 4) is 0 Å². The van der Waals surface area contributed by atoms with Crippen LogP contribution in [-0.4, -0.2) is 45.7 Å². The van der Waals surface area contributed by atoms with E-state index < -0.39 is 21.5 Å². The number of sulfonamides is 1. The van der Waals surface area contributed by atoms with Crippen molar-refractivity contribution in [2.45, 2.75) is 37.1 Å². The summed E-state index contributed by atoms with van der Waals surface area (Å²) in [6.07, 6.45) is 1.98. The van der Waals surface area contributed by atoms with Gasteiger partial charge in [0.1, 0.15) is 10.4 Å². The predicted octanol–water partition coefficient (Wildman–Crippen LogP) is 0.356. The Hall–Kier alpha value is -1.41. The lowest BCUT2D eigenvalue weighted by atomic mass is 10.3. The van der Waals surface area contributed by atoms with Gasteiger partial charge in [-0.15, -0.1) is 0 Å². The van der Waals surface area contributed by atoms with E-state index in [4.69, 9.17) is 0 Å². The van der Waals surface area contributed by atoms with Crippen molar-refractivity contribution >= 4 is 16.0 Å². The number of carbonyl (C=O) groups is 1. The van der Waals surface area contributed by atoms with Crippen LogP contribution < -0.4 is 0 Å². The van der Waals surface area contributed by atoms with Crippen LogP contribution in [0.2, 0.25) is 0 Å². The fraction of sp³-hybridized carbons (Fsp3) is 0.636. The molecule has 0 aromatic carbocycles. The maximum absolute atomic E-state index is 12.6. The molecule has 1 N–H and O–H groups in total. The van der Waals surface area contributed by atoms with Crippen molar-refractivity contribution in [1.29, 1.82) is 0 Å². The molecular formula is C11H17N3O4S. The van der Waals surface area contributed by atoms with E-state index in [2.05, 4.69) is 5.10 Å². The molecule has 1 heterocycles. The summed E-state index contributed by atoms with van der Waals surface area (Å²) < 4.78 is 27.7. The van der Waals surface area contributed by atoms with E-state index >= 15 is 0 Å². The molecule has 1 fully saturated rings. The molecule has 0 aliphatic heterocycles. The molecule has 19 heavy (non-hydrogen) atoms. The van der Waals surface area contributed by atoms with Crippen LogP contribution in [0.25, 0.3) is 0 Å². The molecule has 0 spiro atoms. The van der Waals surface area contributed by atoms with Gasteiger partial charge < -0.3 is 5.11 Å². The third-order valence-corrected chi connectivity index (χ3v) is 5.79. The number of hydrogen-bond donors (Lipinski definition) is 1. The van der Waals surface area contributed by atoms with E-state index in [0.717, 1.165) is 4.31 Å². The van der Waals surface area contributed by atoms with E-state index in [0.29, 0.717) is 18.5 Å². The van der Waals surface area contributed by atoms with Crippen molar-refractivity contribution in [2.75, 3.05) is 6.54 Å². The zero-order valence-corrected chi connectivity index (χ0v) is 11.9. The van der Waals surface area contributed by atoms with Crippen molar-refractivity contribution in [3.63, 3.8) is 0 Å². The van der Waals surface area contributed by atoms with E-state index in [1.165, 1.54) is 10.9 Å². The highest BCUT2D eigenvalue weighted by Gasteiger charge is 2.59. The maximum Gasteiger partial charge on any atom is 0.325 e. The molecule has 0 amide bonds. The topological polar surface area (TPSA) is 92.5 Å². The summed E-state index contributed by atoms with van der Waals surface area (Å²) in [5.41, 5.74) is -0.768. The molecule has 0 unspecified atom stereocenters. The average molecular weight is 287 g/mol. The van der Waals surface area contributed by atoms with Crippen LogP contribution in [0, 0.1) is 6.92 Å². The Morgan fingerprint density at radius 1 is 1.58 bits per heavy atom. The van der Waals surface area contributed by atoms with Gasteiger partial charge in [0.2, 0.25) is 10.0 Å². The van der Waals surface area contributed by atoms with Crippen LogP contribution in [0.4, 0.5) is 0 Å². The molecule has 0 bridgehead atoms. The lowest BCUT2D eigenvalue weighted by Crippen LogP contribution is -2.47. The zero-order valence-electron chi connectivity index (χ0n) is 11.1. The molecule has 0 atom stereocenters. The Morgan fingerprint density at radius 2 is 2.16 bits per heavy atom. The standard InChI is InChI=1S/C11H17N3O4S/c1-4-14(11(5-6-11)10(15)16)19(17,18)9-7-12-13(3)8(9)2/h7H,4-6H2,1-3H3,(H,15,16). The highest BCUT2D eigenvalue weighted by molar-refractivity contribution is 7.89. The third-order valence-electron chi connectivity index (χ3n) is 3.64. The summed E-state index contributed by atoms with van der Waals surface area (Å²) in [7, 11) is -2.18. The molecule has 1 aromatic rings. The van der Waals surface area contributed by atoms with E-state index in [1.807, 2.05) is 0 Å². The largest absolute Gasteiger partial charge is 0.480 e. The SMILES string of the molecule is CCN(C1(C(=O)O)CC1)S(=O)(=O)c1cnn(C)c1C. The van der Waals surface area contributed by atoms with Crippen LogP contribution in [0.3, 0.4) is 0 Å². The van der Waals surface area contributed by atoms with Crippen molar-refractivity contribution < 1.29 is 18.3 Å². The number of nitrogens with zero attached hydrogens (tertiary/aromatic N) is 3. The lowest BCUT2D eigenvalue weighted by molar-refractivity contribution is -0.143. The summed E-state index contributed by atoms with van der Waals surface area (Å²) in [5, 5.41) is 13.2. The van der Waals surface area contributed by atoms with Crippen LogP contribution in [0.1, 0.15) is 25.5 Å². The quantitative estimate of drug-likeness (QED) is 0.844. The minimum atomic E-state index is -3.83. The van der Waals surface area contributed by atoms with Gasteiger partial charge in [-0.05, 0) is 19.8 Å². The highest BCUT2D eigenvalue weighted by Crippen LogP contribution is 2.44. The fourth-order valence-electron chi connectivity index (χ4n) is 2.24. The molecule has 1 saturated carbocycles. The smallest absolute Gasteiger partial charge is 0.325 e. The predicted molar refractivity (Wildman–Crippen MR) is 67.1 cm³/mol. The number of likely N-dealkylation sites (N-methyl/N-ethyl adjacent to an activating group) is 1. The molecule has 7 nitrogen and oxygen atoms in total. The number of carboxylic acid groups (broad SMARTS) is 1. The molecular weight excluding hydrogens is 270 g/mol. The van der Waals surface area contributed by atoms with Gasteiger partial charge in [0.05, 0.1) is 11.9 Å². The third kappa shape index (κ3) is 1.95. The Kier molecular flexibility index (Phi) is 3.18. The summed E-state index contributed by atoms with van der Waals surface area (Å²) in [5.74, 6) is -1.08. The summed E-state index contributed by atoms with van der Waals surface area (Å²) in [6, 6.07) is 0. The molecule has 1 aliphatic rings. The summed E-state index contributed by atoms with van der Waals surface area (Å²) in [4.78, 5) is 11.4. The molecule has 0 radical (unpaired) electrons. The Morgan fingerprint density at radius 3 is 2.47 bits per heavy atom. The van der Waals surface area contributed by atoms with Gasteiger partial charge in [0.25, 0.3) is 0 Å². The van der Waals surface area contributed by atoms with Gasteiger partial charge >= 0.3 is 5.97 Å². The summed E-state index contributed by atoms with van der Waals surface area (Å²) in [6.45, 7) is 3.42. The zero-order chi connectivity index (χ0) is 14.4. The number of hydrogen-bond acceptors (Lipinski definition) is 4. The van der Waals surface area contributed by atoms with Crippen molar-refractivity contribution in [2.24, 2.45) is 7.05 Å². The highest BCUT2D eigenvalue weighted by atomic mass is 32.2.